The molecule has 0 atom stereocenters. The van der Waals surface area contributed by atoms with Crippen LogP contribution in [0.1, 0.15) is 25.7 Å². The van der Waals surface area contributed by atoms with Gasteiger partial charge in [0.05, 0.1) is 17.9 Å². The molecule has 1 aromatic carbocycles. The van der Waals surface area contributed by atoms with Gasteiger partial charge in [0.25, 0.3) is 0 Å². The second-order valence-corrected chi connectivity index (χ2v) is 4.97. The Balaban J connectivity index is 1.91. The number of nitrogens with zero attached hydrogens (tertiary/aromatic N) is 1. The molecule has 0 aliphatic carbocycles. The minimum absolute atomic E-state index is 0.140. The van der Waals surface area contributed by atoms with E-state index in [0.29, 0.717) is 17.9 Å². The lowest BCUT2D eigenvalue weighted by atomic mass is 10.2. The summed E-state index contributed by atoms with van der Waals surface area (Å²) < 4.78 is 13.1. The van der Waals surface area contributed by atoms with Gasteiger partial charge < -0.3 is 11.1 Å². The quantitative estimate of drug-likeness (QED) is 0.824. The predicted molar refractivity (Wildman–Crippen MR) is 74.4 cm³/mol. The van der Waals surface area contributed by atoms with Crippen molar-refractivity contribution in [1.29, 1.82) is 0 Å². The Kier molecular flexibility index (Phi) is 4.74. The largest absolute Gasteiger partial charge is 0.397 e. The lowest BCUT2D eigenvalue weighted by molar-refractivity contribution is -0.117. The van der Waals surface area contributed by atoms with Crippen LogP contribution in [0, 0.1) is 5.82 Å². The maximum Gasteiger partial charge on any atom is 0.238 e. The molecule has 5 heteroatoms. The first kappa shape index (κ1) is 13.8. The zero-order chi connectivity index (χ0) is 13.7. The number of carbonyl (C=O) groups excluding carboxylic acids is 1. The fourth-order valence-corrected chi connectivity index (χ4v) is 2.32. The molecule has 1 saturated heterocycles. The van der Waals surface area contributed by atoms with Gasteiger partial charge in [-0.25, -0.2) is 4.39 Å². The Labute approximate surface area is 112 Å². The number of nitrogens with two attached hydrogens (primary N) is 1. The number of nitrogens with one attached hydrogen (secondary N) is 1. The third-order valence-electron chi connectivity index (χ3n) is 3.36. The summed E-state index contributed by atoms with van der Waals surface area (Å²) in [4.78, 5) is 14.1. The van der Waals surface area contributed by atoms with Gasteiger partial charge in [0.1, 0.15) is 5.82 Å². The standard InChI is InChI=1S/C14H20FN3O/c15-11-5-6-12(16)13(9-11)17-14(19)10-18-7-3-1-2-4-8-18/h5-6,9H,1-4,7-8,10,16H2,(H,17,19). The molecule has 0 bridgehead atoms. The van der Waals surface area contributed by atoms with E-state index in [1.807, 2.05) is 0 Å². The first-order chi connectivity index (χ1) is 9.15. The number of carbonyl (C=O) groups is 1. The summed E-state index contributed by atoms with van der Waals surface area (Å²) in [5, 5.41) is 2.67. The van der Waals surface area contributed by atoms with E-state index in [1.165, 1.54) is 31.0 Å². The summed E-state index contributed by atoms with van der Waals surface area (Å²) in [5.41, 5.74) is 6.43. The number of amides is 1. The molecule has 4 nitrogen and oxygen atoms in total. The lowest BCUT2D eigenvalue weighted by Gasteiger charge is -2.19. The molecule has 19 heavy (non-hydrogen) atoms. The smallest absolute Gasteiger partial charge is 0.238 e. The molecule has 1 fully saturated rings. The van der Waals surface area contributed by atoms with Crippen LogP contribution in [-0.2, 0) is 4.79 Å². The van der Waals surface area contributed by atoms with E-state index in [9.17, 15) is 9.18 Å². The molecule has 0 aromatic heterocycles. The molecule has 1 amide bonds. The molecule has 0 radical (unpaired) electrons. The third kappa shape index (κ3) is 4.21. The maximum atomic E-state index is 13.1. The van der Waals surface area contributed by atoms with Crippen LogP contribution in [0.4, 0.5) is 15.8 Å². The summed E-state index contributed by atoms with van der Waals surface area (Å²) in [5.74, 6) is -0.543. The summed E-state index contributed by atoms with van der Waals surface area (Å²) in [7, 11) is 0. The van der Waals surface area contributed by atoms with Gasteiger partial charge in [-0.2, -0.15) is 0 Å². The van der Waals surface area contributed by atoms with Crippen molar-refractivity contribution < 1.29 is 9.18 Å². The number of nitrogen functional groups attached to an aromatic ring is 1. The van der Waals surface area contributed by atoms with E-state index >= 15 is 0 Å². The Morgan fingerprint density at radius 1 is 1.26 bits per heavy atom. The molecule has 0 saturated carbocycles. The highest BCUT2D eigenvalue weighted by Gasteiger charge is 2.13. The highest BCUT2D eigenvalue weighted by molar-refractivity contribution is 5.95. The van der Waals surface area contributed by atoms with E-state index in [2.05, 4.69) is 10.2 Å². The van der Waals surface area contributed by atoms with Crippen LogP contribution >= 0.6 is 0 Å². The van der Waals surface area contributed by atoms with Gasteiger partial charge in [-0.05, 0) is 44.1 Å². The molecule has 0 spiro atoms. The summed E-state index contributed by atoms with van der Waals surface area (Å²) in [6, 6.07) is 3.98. The van der Waals surface area contributed by atoms with E-state index < -0.39 is 5.82 Å². The highest BCUT2D eigenvalue weighted by atomic mass is 19.1. The van der Waals surface area contributed by atoms with Crippen LogP contribution in [0.2, 0.25) is 0 Å². The number of benzene rings is 1. The van der Waals surface area contributed by atoms with Crippen molar-refractivity contribution in [1.82, 2.24) is 4.90 Å². The first-order valence-corrected chi connectivity index (χ1v) is 6.72. The van der Waals surface area contributed by atoms with E-state index in [0.717, 1.165) is 25.9 Å². The maximum absolute atomic E-state index is 13.1. The molecule has 3 N–H and O–H groups in total. The van der Waals surface area contributed by atoms with Gasteiger partial charge in [-0.15, -0.1) is 0 Å². The Morgan fingerprint density at radius 3 is 2.63 bits per heavy atom. The first-order valence-electron chi connectivity index (χ1n) is 6.72. The van der Waals surface area contributed by atoms with Gasteiger partial charge in [-0.3, -0.25) is 9.69 Å². The molecule has 1 aliphatic heterocycles. The van der Waals surface area contributed by atoms with E-state index in [1.54, 1.807) is 0 Å². The zero-order valence-corrected chi connectivity index (χ0v) is 11.0. The fraction of sp³-hybridized carbons (Fsp3) is 0.500. The molecule has 2 rings (SSSR count). The van der Waals surface area contributed by atoms with Crippen molar-refractivity contribution in [3.8, 4) is 0 Å². The van der Waals surface area contributed by atoms with E-state index in [4.69, 9.17) is 5.73 Å². The van der Waals surface area contributed by atoms with Crippen LogP contribution in [-0.4, -0.2) is 30.4 Å². The van der Waals surface area contributed by atoms with Gasteiger partial charge in [-0.1, -0.05) is 12.8 Å². The second-order valence-electron chi connectivity index (χ2n) is 4.97. The fourth-order valence-electron chi connectivity index (χ4n) is 2.32. The molecule has 1 heterocycles. The van der Waals surface area contributed by atoms with Gasteiger partial charge in [0.15, 0.2) is 0 Å². The molecule has 0 unspecified atom stereocenters. The zero-order valence-electron chi connectivity index (χ0n) is 11.0. The van der Waals surface area contributed by atoms with Crippen LogP contribution in [0.5, 0.6) is 0 Å². The molecular weight excluding hydrogens is 245 g/mol. The average molecular weight is 265 g/mol. The number of hydrogen-bond acceptors (Lipinski definition) is 3. The minimum Gasteiger partial charge on any atom is -0.397 e. The molecule has 1 aliphatic rings. The van der Waals surface area contributed by atoms with Crippen LogP contribution < -0.4 is 11.1 Å². The topological polar surface area (TPSA) is 58.4 Å². The lowest BCUT2D eigenvalue weighted by Crippen LogP contribution is -2.34. The Morgan fingerprint density at radius 2 is 1.95 bits per heavy atom. The summed E-state index contributed by atoms with van der Waals surface area (Å²) in [6.07, 6.45) is 4.73. The summed E-state index contributed by atoms with van der Waals surface area (Å²) in [6.45, 7) is 2.24. The number of hydrogen-bond donors (Lipinski definition) is 2. The highest BCUT2D eigenvalue weighted by Crippen LogP contribution is 2.19. The molecule has 1 aromatic rings. The van der Waals surface area contributed by atoms with Crippen molar-refractivity contribution >= 4 is 17.3 Å². The van der Waals surface area contributed by atoms with Crippen molar-refractivity contribution in [2.45, 2.75) is 25.7 Å². The van der Waals surface area contributed by atoms with Gasteiger partial charge in [0, 0.05) is 0 Å². The number of rotatable bonds is 3. The van der Waals surface area contributed by atoms with Crippen molar-refractivity contribution in [3.05, 3.63) is 24.0 Å². The van der Waals surface area contributed by atoms with Crippen molar-refractivity contribution in [2.24, 2.45) is 0 Å². The van der Waals surface area contributed by atoms with Crippen LogP contribution in [0.25, 0.3) is 0 Å². The SMILES string of the molecule is Nc1ccc(F)cc1NC(=O)CN1CCCCCC1. The van der Waals surface area contributed by atoms with E-state index in [-0.39, 0.29) is 5.91 Å². The van der Waals surface area contributed by atoms with Crippen LogP contribution in [0.15, 0.2) is 18.2 Å². The van der Waals surface area contributed by atoms with Gasteiger partial charge >= 0.3 is 0 Å². The number of halogens is 1. The third-order valence-corrected chi connectivity index (χ3v) is 3.36. The summed E-state index contributed by atoms with van der Waals surface area (Å²) >= 11 is 0. The Hall–Kier alpha value is -1.62. The second kappa shape index (κ2) is 6.52. The van der Waals surface area contributed by atoms with Crippen molar-refractivity contribution in [2.75, 3.05) is 30.7 Å². The molecular formula is C14H20FN3O. The minimum atomic E-state index is -0.403. The average Bonchev–Trinajstić information content (AvgIpc) is 2.62. The van der Waals surface area contributed by atoms with Gasteiger partial charge in [0.2, 0.25) is 5.91 Å². The molecule has 104 valence electrons. The monoisotopic (exact) mass is 265 g/mol. The van der Waals surface area contributed by atoms with Crippen LogP contribution in [0.3, 0.4) is 0 Å². The number of likely N-dealkylation sites (tertiary alicyclic amines) is 1. The predicted octanol–water partition coefficient (Wildman–Crippen LogP) is 2.22. The normalized spacial score (nSPS) is 16.9. The Bertz CT molecular complexity index is 442. The van der Waals surface area contributed by atoms with Crippen molar-refractivity contribution in [3.63, 3.8) is 0 Å². The number of anilines is 2.